The van der Waals surface area contributed by atoms with E-state index in [1.807, 2.05) is 6.92 Å². The van der Waals surface area contributed by atoms with Gasteiger partial charge in [0.25, 0.3) is 0 Å². The second-order valence-corrected chi connectivity index (χ2v) is 31.0. The SMILES string of the molecule is CC=CCCC(OC)C1CN(C)CCC1O.[Ac].[Pd].c1ccc(P(c2ccccc2)c2ccccc2)cc1.c1ccc(P(c2ccccc2)c2ccccc2)cc1.c1ccc(P(c2ccccc2)c2ccccc2)cc1.c1ccc(P(c2ccccc2)c2ccccc2)cc1. The molecule has 0 amide bonds. The summed E-state index contributed by atoms with van der Waals surface area (Å²) < 4.78 is 5.53. The smallest absolute Gasteiger partial charge is 0.0639 e. The van der Waals surface area contributed by atoms with Crippen LogP contribution in [0.1, 0.15) is 26.2 Å². The van der Waals surface area contributed by atoms with E-state index in [0.29, 0.717) is 0 Å². The van der Waals surface area contributed by atoms with Gasteiger partial charge in [-0.1, -0.05) is 376 Å². The Balaban J connectivity index is 0.000000166. The quantitative estimate of drug-likeness (QED) is 0.0560. The topological polar surface area (TPSA) is 32.7 Å². The van der Waals surface area contributed by atoms with Gasteiger partial charge in [0, 0.05) is 90.6 Å². The Morgan fingerprint density at radius 3 is 0.702 bits per heavy atom. The van der Waals surface area contributed by atoms with Crippen LogP contribution in [0.2, 0.25) is 0 Å². The second-order valence-electron chi connectivity index (χ2n) is 22.1. The molecule has 0 aromatic heterocycles. The van der Waals surface area contributed by atoms with Crippen LogP contribution < -0.4 is 63.7 Å². The van der Waals surface area contributed by atoms with Crippen LogP contribution in [-0.2, 0) is 25.2 Å². The molecule has 9 heteroatoms. The summed E-state index contributed by atoms with van der Waals surface area (Å²) in [6, 6.07) is 129. The van der Waals surface area contributed by atoms with Crippen LogP contribution >= 0.6 is 31.7 Å². The second kappa shape index (κ2) is 43.3. The van der Waals surface area contributed by atoms with E-state index < -0.39 is 31.7 Å². The first-order chi connectivity index (χ1) is 45.5. The van der Waals surface area contributed by atoms with Gasteiger partial charge in [-0.15, -0.1) is 0 Å². The van der Waals surface area contributed by atoms with Gasteiger partial charge >= 0.3 is 0 Å². The van der Waals surface area contributed by atoms with Crippen LogP contribution in [0.3, 0.4) is 0 Å². The summed E-state index contributed by atoms with van der Waals surface area (Å²) in [5, 5.41) is 26.8. The molecule has 1 radical (unpaired) electrons. The van der Waals surface area contributed by atoms with E-state index in [4.69, 9.17) is 4.74 Å². The standard InChI is InChI=1S/4C18H15P.C13H25NO2.Ac.Pd/c4*1-4-10-16(11-5-1)19(17-12-6-2-7-13-17)18-14-8-3-9-15-18;1-4-5-6-7-13(16-3)11-10-14(2)9-8-12(11)15;;/h4*1-15H;4-5,11-13,15H,6-10H2,1-3H3;;. The Hall–Kier alpha value is -5.92. The fourth-order valence-corrected chi connectivity index (χ4v) is 20.4. The van der Waals surface area contributed by atoms with E-state index in [-0.39, 0.29) is 82.6 Å². The molecule has 3 unspecified atom stereocenters. The van der Waals surface area contributed by atoms with Gasteiger partial charge in [0.15, 0.2) is 0 Å². The summed E-state index contributed by atoms with van der Waals surface area (Å²) in [5.74, 6) is 0.258. The molecule has 0 bridgehead atoms. The molecule has 3 nitrogen and oxygen atoms in total. The summed E-state index contributed by atoms with van der Waals surface area (Å²) >= 11 is 0. The van der Waals surface area contributed by atoms with Crippen LogP contribution in [0.15, 0.2) is 376 Å². The molecule has 1 fully saturated rings. The molecule has 1 saturated heterocycles. The van der Waals surface area contributed by atoms with Gasteiger partial charge in [0.2, 0.25) is 0 Å². The summed E-state index contributed by atoms with van der Waals surface area (Å²) in [5.41, 5.74) is 0. The number of ether oxygens (including phenoxy) is 1. The minimum atomic E-state index is -0.446. The molecule has 0 spiro atoms. The summed E-state index contributed by atoms with van der Waals surface area (Å²) in [4.78, 5) is 2.28. The average molecular weight is 1610 g/mol. The van der Waals surface area contributed by atoms with Gasteiger partial charge in [-0.25, -0.2) is 0 Å². The molecule has 12 aromatic carbocycles. The molecule has 475 valence electrons. The molecule has 12 aromatic rings. The first-order valence-corrected chi connectivity index (χ1v) is 37.2. The van der Waals surface area contributed by atoms with E-state index in [1.165, 1.54) is 63.7 Å². The molecular weight excluding hydrogens is 1520 g/mol. The summed E-state index contributed by atoms with van der Waals surface area (Å²) in [6.07, 6.45) is 7.09. The Morgan fingerprint density at radius 2 is 0.543 bits per heavy atom. The molecule has 94 heavy (non-hydrogen) atoms. The molecule has 1 N–H and O–H groups in total. The van der Waals surface area contributed by atoms with Gasteiger partial charge in [-0.3, -0.25) is 0 Å². The molecule has 0 saturated carbocycles. The zero-order chi connectivity index (χ0) is 63.6. The number of allylic oxidation sites excluding steroid dienone is 2. The van der Waals surface area contributed by atoms with Crippen molar-refractivity contribution in [2.75, 3.05) is 27.2 Å². The van der Waals surface area contributed by atoms with Crippen LogP contribution in [0.25, 0.3) is 0 Å². The van der Waals surface area contributed by atoms with Crippen molar-refractivity contribution in [2.45, 2.75) is 38.4 Å². The molecular formula is C85H85AcNO2P4Pd. The Labute approximate surface area is 616 Å². The molecule has 0 aliphatic carbocycles. The van der Waals surface area contributed by atoms with Gasteiger partial charge in [-0.2, -0.15) is 0 Å². The number of methoxy groups -OCH3 is 1. The summed E-state index contributed by atoms with van der Waals surface area (Å²) in [6.45, 7) is 3.96. The minimum absolute atomic E-state index is 0. The molecule has 1 aliphatic heterocycles. The fourth-order valence-electron chi connectivity index (χ4n) is 11.2. The number of aliphatic hydroxyl groups excluding tert-OH is 1. The Kier molecular flexibility index (Phi) is 34.8. The third-order valence-corrected chi connectivity index (χ3v) is 25.4. The number of aliphatic hydroxyl groups is 1. The number of hydrogen-bond donors (Lipinski definition) is 1. The predicted octanol–water partition coefficient (Wildman–Crippen LogP) is 15.4. The van der Waals surface area contributed by atoms with Crippen LogP contribution in [-0.4, -0.2) is 49.5 Å². The number of hydrogen-bond acceptors (Lipinski definition) is 3. The predicted molar refractivity (Wildman–Crippen MR) is 407 cm³/mol. The van der Waals surface area contributed by atoms with E-state index in [2.05, 4.69) is 388 Å². The van der Waals surface area contributed by atoms with Crippen molar-refractivity contribution in [3.05, 3.63) is 376 Å². The van der Waals surface area contributed by atoms with Gasteiger partial charge in [0.1, 0.15) is 0 Å². The minimum Gasteiger partial charge on any atom is -0.393 e. The zero-order valence-corrected chi connectivity index (χ0v) is 63.9. The maximum Gasteiger partial charge on any atom is 0.0639 e. The molecule has 1 aliphatic rings. The number of piperidine rings is 1. The van der Waals surface area contributed by atoms with Crippen LogP contribution in [0.4, 0.5) is 0 Å². The molecule has 3 atom stereocenters. The van der Waals surface area contributed by atoms with Crippen molar-refractivity contribution >= 4 is 95.3 Å². The fraction of sp³-hybridized carbons (Fsp3) is 0.129. The van der Waals surface area contributed by atoms with Gasteiger partial charge < -0.3 is 14.7 Å². The third kappa shape index (κ3) is 23.7. The average Bonchev–Trinajstić information content (AvgIpc) is 1.23. The number of benzene rings is 12. The maximum absolute atomic E-state index is 10.0. The van der Waals surface area contributed by atoms with Crippen molar-refractivity contribution in [2.24, 2.45) is 5.92 Å². The first-order valence-electron chi connectivity index (χ1n) is 31.8. The van der Waals surface area contributed by atoms with E-state index in [0.717, 1.165) is 32.4 Å². The van der Waals surface area contributed by atoms with E-state index >= 15 is 0 Å². The third-order valence-electron chi connectivity index (χ3n) is 15.6. The van der Waals surface area contributed by atoms with Crippen molar-refractivity contribution in [3.63, 3.8) is 0 Å². The normalized spacial score (nSPS) is 13.6. The van der Waals surface area contributed by atoms with E-state index in [9.17, 15) is 5.11 Å². The number of likely N-dealkylation sites (tertiary alicyclic amines) is 1. The summed E-state index contributed by atoms with van der Waals surface area (Å²) in [7, 11) is 2.08. The number of rotatable bonds is 17. The van der Waals surface area contributed by atoms with Crippen LogP contribution in [0, 0.1) is 50.0 Å². The van der Waals surface area contributed by atoms with Crippen molar-refractivity contribution < 1.29 is 74.3 Å². The van der Waals surface area contributed by atoms with Crippen molar-refractivity contribution in [3.8, 4) is 0 Å². The Bertz CT molecular complexity index is 3040. The maximum atomic E-state index is 10.0. The van der Waals surface area contributed by atoms with Gasteiger partial charge in [0.05, 0.1) is 12.2 Å². The first kappa shape index (κ1) is 75.5. The van der Waals surface area contributed by atoms with Crippen molar-refractivity contribution in [1.29, 1.82) is 0 Å². The monoisotopic (exact) mass is 1610 g/mol. The molecule has 1 heterocycles. The number of nitrogens with zero attached hydrogens (tertiary/aromatic N) is 1. The van der Waals surface area contributed by atoms with Crippen LogP contribution in [0.5, 0.6) is 0 Å². The largest absolute Gasteiger partial charge is 0.393 e. The van der Waals surface area contributed by atoms with Crippen molar-refractivity contribution in [1.82, 2.24) is 4.90 Å². The molecule has 13 rings (SSSR count). The Morgan fingerprint density at radius 1 is 0.362 bits per heavy atom. The zero-order valence-electron chi connectivity index (χ0n) is 54.0. The van der Waals surface area contributed by atoms with Gasteiger partial charge in [-0.05, 0) is 129 Å². The van der Waals surface area contributed by atoms with E-state index in [1.54, 1.807) is 7.11 Å².